The van der Waals surface area contributed by atoms with Gasteiger partial charge in [-0.05, 0) is 6.42 Å². The number of halogens is 2. The Hall–Kier alpha value is -5.34. The smallest absolute Gasteiger partial charge is 0.339 e. The molecule has 2 saturated heterocycles. The first-order chi connectivity index (χ1) is 30.3. The summed E-state index contributed by atoms with van der Waals surface area (Å²) in [6.07, 6.45) is -10.9. The predicted octanol–water partition coefficient (Wildman–Crippen LogP) is 2.29. The summed E-state index contributed by atoms with van der Waals surface area (Å²) in [6.45, 7) is 3.12. The summed E-state index contributed by atoms with van der Waals surface area (Å²) in [4.78, 5) is 82.8. The number of imidazole rings is 2. The van der Waals surface area contributed by atoms with E-state index >= 15 is 8.78 Å². The van der Waals surface area contributed by atoms with Gasteiger partial charge in [-0.1, -0.05) is 27.7 Å². The zero-order valence-corrected chi connectivity index (χ0v) is 36.3. The lowest BCUT2D eigenvalue weighted by Crippen LogP contribution is -2.36. The molecule has 25 nitrogen and oxygen atoms in total. The zero-order valence-electron chi connectivity index (χ0n) is 34.5. The van der Waals surface area contributed by atoms with Gasteiger partial charge in [-0.25, -0.2) is 18.7 Å². The highest BCUT2D eigenvalue weighted by atomic mass is 31.2. The first-order valence-corrected chi connectivity index (χ1v) is 23.0. The maximum Gasteiger partial charge on any atom is 0.339 e. The Morgan fingerprint density at radius 1 is 0.828 bits per heavy atom. The fourth-order valence-corrected chi connectivity index (χ4v) is 10.6. The van der Waals surface area contributed by atoms with E-state index in [1.165, 1.54) is 0 Å². The van der Waals surface area contributed by atoms with E-state index in [-0.39, 0.29) is 53.5 Å². The fraction of sp³-hybridized carbons (Fsp3) is 0.600. The van der Waals surface area contributed by atoms with Gasteiger partial charge in [0.2, 0.25) is 23.7 Å². The van der Waals surface area contributed by atoms with Crippen LogP contribution in [0.2, 0.25) is 0 Å². The highest BCUT2D eigenvalue weighted by Crippen LogP contribution is 2.62. The van der Waals surface area contributed by atoms with Crippen LogP contribution < -0.4 is 21.8 Å². The number of amides is 2. The molecule has 64 heavy (non-hydrogen) atoms. The number of aromatic amines is 2. The van der Waals surface area contributed by atoms with Crippen LogP contribution in [0.25, 0.3) is 22.3 Å². The van der Waals surface area contributed by atoms with Crippen LogP contribution >= 0.6 is 15.2 Å². The number of nitriles is 2. The van der Waals surface area contributed by atoms with Crippen LogP contribution in [0.4, 0.5) is 20.7 Å². The second kappa shape index (κ2) is 19.8. The van der Waals surface area contributed by atoms with Crippen molar-refractivity contribution in [1.29, 1.82) is 10.5 Å². The number of aromatic nitrogens is 8. The second-order valence-corrected chi connectivity index (χ2v) is 19.4. The summed E-state index contributed by atoms with van der Waals surface area (Å²) in [6, 6.07) is 3.59. The number of rotatable bonds is 19. The maximum atomic E-state index is 17.0. The Kier molecular flexibility index (Phi) is 14.9. The molecule has 4 aromatic heterocycles. The van der Waals surface area contributed by atoms with Crippen LogP contribution in [-0.2, 0) is 41.8 Å². The maximum absolute atomic E-state index is 17.0. The first-order valence-electron chi connectivity index (χ1n) is 19.7. The molecule has 2 aliphatic heterocycles. The summed E-state index contributed by atoms with van der Waals surface area (Å²) in [5, 5.41) is 33.4. The lowest BCUT2D eigenvalue weighted by atomic mass is 10.2. The molecule has 2 fully saturated rings. The number of nitrogens with zero attached hydrogens (tertiary/aromatic N) is 8. The minimum atomic E-state index is -5.17. The summed E-state index contributed by atoms with van der Waals surface area (Å²) >= 11 is 0. The topological polar surface area (TPSA) is 354 Å². The number of ether oxygens (including phenoxy) is 2. The third-order valence-electron chi connectivity index (χ3n) is 10.1. The number of aliphatic hydroxyl groups is 1. The Morgan fingerprint density at radius 3 is 1.81 bits per heavy atom. The van der Waals surface area contributed by atoms with Gasteiger partial charge >= 0.3 is 15.2 Å². The number of carbonyl (C=O) groups is 2. The van der Waals surface area contributed by atoms with Crippen molar-refractivity contribution in [2.45, 2.75) is 95.3 Å². The van der Waals surface area contributed by atoms with Crippen LogP contribution in [0.5, 0.6) is 0 Å². The molecule has 6 unspecified atom stereocenters. The fourth-order valence-electron chi connectivity index (χ4n) is 6.81. The molecular formula is C35H44F2N12O13P2. The van der Waals surface area contributed by atoms with Crippen molar-refractivity contribution >= 4 is 61.2 Å². The number of fused-ring (bicyclic) bond motifs is 2. The number of unbranched alkanes of at least 4 members (excludes halogenated alkanes) is 1. The van der Waals surface area contributed by atoms with Crippen LogP contribution in [0.3, 0.4) is 0 Å². The summed E-state index contributed by atoms with van der Waals surface area (Å²) in [5.74, 6) is -2.77. The van der Waals surface area contributed by atoms with Gasteiger partial charge in [0.15, 0.2) is 47.1 Å². The number of hydrogen-bond acceptors (Lipinski definition) is 18. The van der Waals surface area contributed by atoms with E-state index in [2.05, 4.69) is 40.5 Å². The second-order valence-electron chi connectivity index (χ2n) is 15.2. The van der Waals surface area contributed by atoms with Crippen LogP contribution in [-0.4, -0.2) is 123 Å². The molecule has 0 spiro atoms. The minimum Gasteiger partial charge on any atom is -0.394 e. The van der Waals surface area contributed by atoms with E-state index in [0.29, 0.717) is 0 Å². The molecule has 346 valence electrons. The van der Waals surface area contributed by atoms with Gasteiger partial charge in [0.1, 0.15) is 23.5 Å². The van der Waals surface area contributed by atoms with Crippen LogP contribution in [0.15, 0.2) is 22.2 Å². The quantitative estimate of drug-likeness (QED) is 0.0580. The molecule has 0 radical (unpaired) electrons. The van der Waals surface area contributed by atoms with Crippen molar-refractivity contribution in [3.63, 3.8) is 0 Å². The predicted molar refractivity (Wildman–Crippen MR) is 216 cm³/mol. The summed E-state index contributed by atoms with van der Waals surface area (Å²) in [5.41, 5.74) is -7.13. The molecule has 0 aliphatic carbocycles. The number of carbonyl (C=O) groups excluding carboxylic acids is 2. The van der Waals surface area contributed by atoms with Gasteiger partial charge in [0.05, 0.1) is 57.6 Å². The van der Waals surface area contributed by atoms with Crippen molar-refractivity contribution in [3.8, 4) is 12.1 Å². The van der Waals surface area contributed by atoms with Crippen molar-refractivity contribution in [2.75, 3.05) is 37.1 Å². The van der Waals surface area contributed by atoms with E-state index in [0.717, 1.165) is 21.8 Å². The molecule has 6 N–H and O–H groups in total. The first kappa shape index (κ1) is 48.1. The van der Waals surface area contributed by atoms with Gasteiger partial charge in [-0.15, -0.1) is 0 Å². The van der Waals surface area contributed by atoms with E-state index in [9.17, 15) is 38.3 Å². The monoisotopic (exact) mass is 940 g/mol. The molecule has 6 rings (SSSR count). The third-order valence-corrected chi connectivity index (χ3v) is 14.4. The Balaban J connectivity index is 1.35. The molecule has 10 atom stereocenters. The number of H-pyrrole nitrogens is 2. The Bertz CT molecular complexity index is 2680. The SMILES string of the molecule is CC(C)C(=O)Nc1nc2c(ncn2C2OC(COP(=O)(OCCCC#N)[C@@H]3C(CO)OC(n4cnc5c(=O)[nH]c(NC(=O)C(C)C)nc54)[C@@H]3F)[C@@H](P(=O)(O)OCCC#N)[C@H]2F)c(=O)[nH]1. The highest BCUT2D eigenvalue weighted by molar-refractivity contribution is 7.55. The van der Waals surface area contributed by atoms with Gasteiger partial charge in [-0.3, -0.25) is 58.0 Å². The number of aliphatic hydroxyl groups excluding tert-OH is 1. The van der Waals surface area contributed by atoms with Crippen LogP contribution in [0, 0.1) is 34.5 Å². The molecular weight excluding hydrogens is 896 g/mol. The lowest BCUT2D eigenvalue weighted by molar-refractivity contribution is -0.119. The standard InChI is InChI=1S/C35H44F2N12O13P2/c1-16(2)28(51)44-34-42-26-22(30(53)46-34)40-14-48(26)32-20(36)24(63(55,56)58-11-7-9-39)19(62-32)13-60-64(57,59-10-6-5-8-38)25-18(12-50)61-33(21(25)37)49-15-41-23-27(49)43-35(47-31(23)54)45-29(52)17(3)4/h14-21,24-25,32-33,50H,5-7,10-13H2,1-4H3,(H,55,56)(H2,42,44,46,51,53)(H2,43,45,47,52,54)/t18?,19?,20-,21-,24-,25-,32?,33?,64?/m1/s1. The summed E-state index contributed by atoms with van der Waals surface area (Å²) in [7, 11) is -10.2. The van der Waals surface area contributed by atoms with Gasteiger partial charge < -0.3 is 33.0 Å². The van der Waals surface area contributed by atoms with Crippen LogP contribution in [0.1, 0.15) is 59.4 Å². The number of alkyl halides is 2. The van der Waals surface area contributed by atoms with Gasteiger partial charge in [0, 0.05) is 18.3 Å². The van der Waals surface area contributed by atoms with Gasteiger partial charge in [0.25, 0.3) is 11.1 Å². The molecule has 2 aliphatic rings. The lowest BCUT2D eigenvalue weighted by Gasteiger charge is -2.29. The average Bonchev–Trinajstić information content (AvgIpc) is 4.02. The zero-order chi connectivity index (χ0) is 46.7. The number of nitrogens with one attached hydrogen (secondary N) is 4. The van der Waals surface area contributed by atoms with Crippen molar-refractivity contribution < 1.29 is 60.5 Å². The Labute approximate surface area is 360 Å². The number of hydrogen-bond donors (Lipinski definition) is 6. The normalized spacial score (nSPS) is 25.3. The summed E-state index contributed by atoms with van der Waals surface area (Å²) < 4.78 is 92.8. The average molecular weight is 941 g/mol. The van der Waals surface area contributed by atoms with E-state index in [1.54, 1.807) is 33.8 Å². The van der Waals surface area contributed by atoms with E-state index < -0.39 is 125 Å². The molecule has 0 bridgehead atoms. The molecule has 2 amide bonds. The largest absolute Gasteiger partial charge is 0.394 e. The molecule has 0 aromatic carbocycles. The number of anilines is 2. The third kappa shape index (κ3) is 9.83. The van der Waals surface area contributed by atoms with Crippen molar-refractivity contribution in [2.24, 2.45) is 11.8 Å². The Morgan fingerprint density at radius 2 is 1.33 bits per heavy atom. The molecule has 4 aromatic rings. The van der Waals surface area contributed by atoms with Gasteiger partial charge in [-0.2, -0.15) is 20.5 Å². The van der Waals surface area contributed by atoms with E-state index in [1.807, 2.05) is 6.07 Å². The highest BCUT2D eigenvalue weighted by Gasteiger charge is 2.60. The van der Waals surface area contributed by atoms with Crippen molar-refractivity contribution in [1.82, 2.24) is 39.0 Å². The molecule has 29 heteroatoms. The molecule has 6 heterocycles. The van der Waals surface area contributed by atoms with Crippen molar-refractivity contribution in [3.05, 3.63) is 33.4 Å². The molecule has 0 saturated carbocycles. The minimum absolute atomic E-state index is 0.0550. The van der Waals surface area contributed by atoms with E-state index in [4.69, 9.17) is 33.6 Å².